The van der Waals surface area contributed by atoms with Crippen molar-refractivity contribution < 1.29 is 39.5 Å². The maximum Gasteiger partial charge on any atom is 0.504 e. The zero-order valence-corrected chi connectivity index (χ0v) is 6.69. The standard InChI is InChI=1S/H2N2O8S2/c1-2(9-11(3,4)5)10-12(6,7)8/h(H,3,4,5)(H,6,7,8). The van der Waals surface area contributed by atoms with Crippen molar-refractivity contribution in [2.24, 2.45) is 0 Å². The van der Waals surface area contributed by atoms with E-state index in [2.05, 4.69) is 8.57 Å². The third-order valence-electron chi connectivity index (χ3n) is 0.316. The van der Waals surface area contributed by atoms with Gasteiger partial charge in [0.15, 0.2) is 5.02 Å². The van der Waals surface area contributed by atoms with Crippen molar-refractivity contribution >= 4 is 20.8 Å². The number of nitrogens with zero attached hydrogens (tertiary/aromatic N) is 2. The highest BCUT2D eigenvalue weighted by molar-refractivity contribution is 7.81. The van der Waals surface area contributed by atoms with E-state index in [1.807, 2.05) is 0 Å². The summed E-state index contributed by atoms with van der Waals surface area (Å²) in [6, 6.07) is 0. The Morgan fingerprint density at radius 1 is 1.00 bits per heavy atom. The number of hydrogen-bond acceptors (Lipinski definition) is 6. The van der Waals surface area contributed by atoms with Crippen LogP contribution >= 0.6 is 0 Å². The van der Waals surface area contributed by atoms with Crippen LogP contribution in [0.15, 0.2) is 0 Å². The van der Waals surface area contributed by atoms with Crippen molar-refractivity contribution in [2.45, 2.75) is 0 Å². The second-order valence-corrected chi connectivity index (χ2v) is 3.25. The van der Waals surface area contributed by atoms with Crippen LogP contribution in [0.3, 0.4) is 0 Å². The van der Waals surface area contributed by atoms with Crippen LogP contribution in [0.1, 0.15) is 0 Å². The summed E-state index contributed by atoms with van der Waals surface area (Å²) in [5, 5.41) is -1.26. The van der Waals surface area contributed by atoms with Gasteiger partial charge in [-0.1, -0.05) is 8.57 Å². The van der Waals surface area contributed by atoms with Crippen LogP contribution in [0.4, 0.5) is 0 Å². The molecule has 0 amide bonds. The van der Waals surface area contributed by atoms with Crippen LogP contribution in [-0.2, 0) is 29.4 Å². The first-order valence-electron chi connectivity index (χ1n) is 1.93. The van der Waals surface area contributed by atoms with Crippen LogP contribution in [0.5, 0.6) is 0 Å². The highest BCUT2D eigenvalue weighted by atomic mass is 32.3. The van der Waals surface area contributed by atoms with Crippen LogP contribution in [0.25, 0.3) is 5.53 Å². The van der Waals surface area contributed by atoms with E-state index in [1.165, 1.54) is 0 Å². The first-order valence-corrected chi connectivity index (χ1v) is 4.66. The summed E-state index contributed by atoms with van der Waals surface area (Å²) >= 11 is 0. The van der Waals surface area contributed by atoms with Gasteiger partial charge in [0.05, 0.1) is 0 Å². The minimum absolute atomic E-state index is 1.26. The van der Waals surface area contributed by atoms with Crippen molar-refractivity contribution in [3.63, 3.8) is 0 Å². The molecular weight excluding hydrogens is 220 g/mol. The third kappa shape index (κ3) is 7.13. The predicted octanol–water partition coefficient (Wildman–Crippen LogP) is -1.51. The van der Waals surface area contributed by atoms with Crippen LogP contribution in [0, 0.1) is 0 Å². The first kappa shape index (κ1) is 11.0. The molecule has 0 aliphatic carbocycles. The summed E-state index contributed by atoms with van der Waals surface area (Å²) in [5.74, 6) is 0. The van der Waals surface area contributed by atoms with Crippen molar-refractivity contribution in [1.29, 1.82) is 0 Å². The van der Waals surface area contributed by atoms with E-state index >= 15 is 0 Å². The fourth-order valence-corrected chi connectivity index (χ4v) is 0.595. The fourth-order valence-electron chi connectivity index (χ4n) is 0.174. The maximum absolute atomic E-state index is 9.70. The Kier molecular flexibility index (Phi) is 2.92. The molecule has 0 unspecified atom stereocenters. The zero-order valence-electron chi connectivity index (χ0n) is 5.05. The van der Waals surface area contributed by atoms with E-state index in [-0.39, 0.29) is 0 Å². The normalized spacial score (nSPS) is 12.2. The largest absolute Gasteiger partial charge is 0.504 e. The summed E-state index contributed by atoms with van der Waals surface area (Å²) in [6.07, 6.45) is 0. The molecule has 0 aromatic carbocycles. The Labute approximate surface area is 66.6 Å². The van der Waals surface area contributed by atoms with E-state index in [4.69, 9.17) is 14.6 Å². The third-order valence-corrected chi connectivity index (χ3v) is 0.948. The Balaban J connectivity index is 4.30. The number of rotatable bonds is 4. The highest BCUT2D eigenvalue weighted by Gasteiger charge is 2.20. The van der Waals surface area contributed by atoms with Gasteiger partial charge in [-0.05, 0) is 0 Å². The van der Waals surface area contributed by atoms with Crippen LogP contribution in [-0.4, -0.2) is 31.0 Å². The molecule has 0 aliphatic heterocycles. The van der Waals surface area contributed by atoms with Gasteiger partial charge >= 0.3 is 20.8 Å². The molecular formula is H2N2O8S2. The summed E-state index contributed by atoms with van der Waals surface area (Å²) in [5.41, 5.74) is 8.03. The molecule has 0 atom stereocenters. The van der Waals surface area contributed by atoms with Crippen molar-refractivity contribution in [1.82, 2.24) is 0 Å². The average molecular weight is 222 g/mol. The lowest BCUT2D eigenvalue weighted by molar-refractivity contribution is -0.925. The molecule has 2 N–H and O–H groups in total. The molecule has 0 fully saturated rings. The molecule has 12 heteroatoms. The predicted molar refractivity (Wildman–Crippen MR) is 28.9 cm³/mol. The molecule has 10 nitrogen and oxygen atoms in total. The first-order chi connectivity index (χ1) is 5.10. The van der Waals surface area contributed by atoms with Gasteiger partial charge in [0, 0.05) is 0 Å². The van der Waals surface area contributed by atoms with Gasteiger partial charge in [0.25, 0.3) is 0 Å². The van der Waals surface area contributed by atoms with Crippen LogP contribution in [0.2, 0.25) is 0 Å². The Hall–Kier alpha value is -0.980. The molecule has 0 aromatic heterocycles. The molecule has 0 saturated carbocycles. The molecule has 0 spiro atoms. The molecule has 0 aliphatic rings. The monoisotopic (exact) mass is 222 g/mol. The summed E-state index contributed by atoms with van der Waals surface area (Å²) < 4.78 is 60.3. The summed E-state index contributed by atoms with van der Waals surface area (Å²) in [6.45, 7) is 0. The van der Waals surface area contributed by atoms with Crippen molar-refractivity contribution in [3.05, 3.63) is 5.53 Å². The summed E-state index contributed by atoms with van der Waals surface area (Å²) in [7, 11) is -10.2. The molecule has 0 bridgehead atoms. The van der Waals surface area contributed by atoms with Gasteiger partial charge < -0.3 is 5.53 Å². The molecule has 0 rings (SSSR count). The second-order valence-electron chi connectivity index (χ2n) is 1.24. The fraction of sp³-hybridized carbons (Fsp3) is 0. The van der Waals surface area contributed by atoms with E-state index in [0.29, 0.717) is 0 Å². The van der Waals surface area contributed by atoms with E-state index in [0.717, 1.165) is 0 Å². The van der Waals surface area contributed by atoms with E-state index in [9.17, 15) is 16.8 Å². The Morgan fingerprint density at radius 2 is 1.25 bits per heavy atom. The van der Waals surface area contributed by atoms with Gasteiger partial charge in [-0.25, -0.2) is 0 Å². The molecule has 72 valence electrons. The van der Waals surface area contributed by atoms with E-state index in [1.54, 1.807) is 0 Å². The van der Waals surface area contributed by atoms with Gasteiger partial charge in [0.2, 0.25) is 0 Å². The van der Waals surface area contributed by atoms with Crippen molar-refractivity contribution in [2.75, 3.05) is 0 Å². The topological polar surface area (TPSA) is 153 Å². The lowest BCUT2D eigenvalue weighted by Gasteiger charge is -1.95. The molecule has 0 heterocycles. The van der Waals surface area contributed by atoms with Gasteiger partial charge in [0.1, 0.15) is 0 Å². The molecule has 12 heavy (non-hydrogen) atoms. The molecule has 0 saturated heterocycles. The Morgan fingerprint density at radius 3 is 1.42 bits per heavy atom. The van der Waals surface area contributed by atoms with Gasteiger partial charge in [-0.3, -0.25) is 9.11 Å². The number of hydrogen-bond donors (Lipinski definition) is 2. The van der Waals surface area contributed by atoms with Crippen molar-refractivity contribution in [3.8, 4) is 0 Å². The average Bonchev–Trinajstić information content (AvgIpc) is 1.49. The minimum atomic E-state index is -5.12. The lowest BCUT2D eigenvalue weighted by Crippen LogP contribution is -2.18. The SMILES string of the molecule is [N-]=[N+](OS(=O)(=O)O)OS(=O)(=O)O. The highest BCUT2D eigenvalue weighted by Crippen LogP contribution is 1.93. The van der Waals surface area contributed by atoms with Gasteiger partial charge in [-0.15, -0.1) is 0 Å². The van der Waals surface area contributed by atoms with E-state index < -0.39 is 25.8 Å². The maximum atomic E-state index is 9.70. The zero-order chi connectivity index (χ0) is 9.99. The quantitative estimate of drug-likeness (QED) is 0.330. The molecule has 0 radical (unpaired) electrons. The lowest BCUT2D eigenvalue weighted by atomic mass is 12.9. The minimum Gasteiger partial charge on any atom is -0.389 e. The second kappa shape index (κ2) is 3.18. The smallest absolute Gasteiger partial charge is 0.389 e. The molecule has 0 aromatic rings. The van der Waals surface area contributed by atoms with Crippen LogP contribution < -0.4 is 0 Å². The summed E-state index contributed by atoms with van der Waals surface area (Å²) in [4.78, 5) is 0. The Bertz CT molecular complexity index is 322. The van der Waals surface area contributed by atoms with Gasteiger partial charge in [-0.2, -0.15) is 16.8 Å².